The van der Waals surface area contributed by atoms with Crippen molar-refractivity contribution in [1.29, 1.82) is 0 Å². The van der Waals surface area contributed by atoms with Gasteiger partial charge in [0.25, 0.3) is 0 Å². The van der Waals surface area contributed by atoms with Gasteiger partial charge in [-0.2, -0.15) is 13.2 Å². The van der Waals surface area contributed by atoms with Crippen LogP contribution in [0.15, 0.2) is 18.2 Å². The van der Waals surface area contributed by atoms with E-state index in [0.717, 1.165) is 18.6 Å². The Morgan fingerprint density at radius 1 is 1.24 bits per heavy atom. The summed E-state index contributed by atoms with van der Waals surface area (Å²) in [5.74, 6) is -0.751. The van der Waals surface area contributed by atoms with Crippen molar-refractivity contribution in [1.82, 2.24) is 0 Å². The van der Waals surface area contributed by atoms with Gasteiger partial charge in [0.1, 0.15) is 0 Å². The fraction of sp³-hybridized carbons (Fsp3) is 0.533. The van der Waals surface area contributed by atoms with E-state index in [4.69, 9.17) is 5.11 Å². The van der Waals surface area contributed by atoms with Crippen molar-refractivity contribution < 1.29 is 23.1 Å². The van der Waals surface area contributed by atoms with Gasteiger partial charge in [-0.3, -0.25) is 0 Å². The smallest absolute Gasteiger partial charge is 0.417 e. The van der Waals surface area contributed by atoms with E-state index in [1.807, 2.05) is 4.90 Å². The van der Waals surface area contributed by atoms with Crippen LogP contribution in [-0.2, 0) is 6.18 Å². The summed E-state index contributed by atoms with van der Waals surface area (Å²) >= 11 is 0. The van der Waals surface area contributed by atoms with Gasteiger partial charge in [-0.15, -0.1) is 0 Å². The molecule has 2 rings (SSSR count). The molecule has 1 aliphatic heterocycles. The predicted molar refractivity (Wildman–Crippen MR) is 73.6 cm³/mol. The molecule has 3 nitrogen and oxygen atoms in total. The number of hydrogen-bond donors (Lipinski definition) is 1. The molecule has 2 unspecified atom stereocenters. The molecule has 2 atom stereocenters. The van der Waals surface area contributed by atoms with E-state index in [9.17, 15) is 18.0 Å². The number of anilines is 1. The summed E-state index contributed by atoms with van der Waals surface area (Å²) < 4.78 is 39.1. The van der Waals surface area contributed by atoms with Crippen LogP contribution in [0.1, 0.15) is 36.2 Å². The van der Waals surface area contributed by atoms with Crippen LogP contribution in [0.3, 0.4) is 0 Å². The Balaban J connectivity index is 2.40. The first-order chi connectivity index (χ1) is 9.68. The maximum Gasteiger partial charge on any atom is 0.417 e. The maximum absolute atomic E-state index is 13.0. The number of carboxylic acid groups (broad SMARTS) is 1. The minimum absolute atomic E-state index is 0.405. The fourth-order valence-corrected chi connectivity index (χ4v) is 3.02. The summed E-state index contributed by atoms with van der Waals surface area (Å²) in [6.45, 7) is 5.51. The summed E-state index contributed by atoms with van der Waals surface area (Å²) in [6.07, 6.45) is -3.62. The maximum atomic E-state index is 13.0. The number of nitrogens with zero attached hydrogens (tertiary/aromatic N) is 1. The average Bonchev–Trinajstić information content (AvgIpc) is 2.35. The van der Waals surface area contributed by atoms with Crippen LogP contribution in [0.2, 0.25) is 0 Å². The van der Waals surface area contributed by atoms with Crippen LogP contribution in [0.25, 0.3) is 0 Å². The molecule has 0 bridgehead atoms. The van der Waals surface area contributed by atoms with Crippen LogP contribution in [0.5, 0.6) is 0 Å². The number of carbonyl (C=O) groups is 1. The Kier molecular flexibility index (Phi) is 4.16. The molecule has 6 heteroatoms. The van der Waals surface area contributed by atoms with Gasteiger partial charge in [-0.05, 0) is 36.5 Å². The Morgan fingerprint density at radius 2 is 1.81 bits per heavy atom. The first-order valence-corrected chi connectivity index (χ1v) is 6.88. The first kappa shape index (κ1) is 15.7. The lowest BCUT2D eigenvalue weighted by molar-refractivity contribution is -0.138. The fourth-order valence-electron chi connectivity index (χ4n) is 3.02. The van der Waals surface area contributed by atoms with Crippen molar-refractivity contribution in [2.45, 2.75) is 26.4 Å². The second kappa shape index (κ2) is 5.58. The Labute approximate surface area is 121 Å². The predicted octanol–water partition coefficient (Wildman–Crippen LogP) is 3.89. The van der Waals surface area contributed by atoms with Gasteiger partial charge in [0.05, 0.1) is 11.1 Å². The lowest BCUT2D eigenvalue weighted by Gasteiger charge is -2.37. The van der Waals surface area contributed by atoms with Crippen molar-refractivity contribution in [2.75, 3.05) is 18.0 Å². The molecule has 1 N–H and O–H groups in total. The summed E-state index contributed by atoms with van der Waals surface area (Å²) in [6, 6.07) is 3.46. The molecule has 1 aromatic rings. The zero-order valence-corrected chi connectivity index (χ0v) is 11.9. The second-order valence-corrected chi connectivity index (χ2v) is 5.88. The minimum atomic E-state index is -4.67. The third kappa shape index (κ3) is 3.49. The number of aromatic carboxylic acids is 1. The quantitative estimate of drug-likeness (QED) is 0.901. The number of carboxylic acids is 1. The van der Waals surface area contributed by atoms with Gasteiger partial charge in [0.2, 0.25) is 0 Å². The highest BCUT2D eigenvalue weighted by Crippen LogP contribution is 2.36. The van der Waals surface area contributed by atoms with E-state index in [1.54, 1.807) is 0 Å². The van der Waals surface area contributed by atoms with Crippen molar-refractivity contribution in [2.24, 2.45) is 11.8 Å². The Morgan fingerprint density at radius 3 is 2.29 bits per heavy atom. The van der Waals surface area contributed by atoms with Gasteiger partial charge in [0, 0.05) is 18.8 Å². The topological polar surface area (TPSA) is 40.5 Å². The zero-order chi connectivity index (χ0) is 15.8. The molecule has 21 heavy (non-hydrogen) atoms. The normalized spacial score (nSPS) is 23.2. The number of hydrogen-bond acceptors (Lipinski definition) is 2. The molecular weight excluding hydrogens is 283 g/mol. The number of alkyl halides is 3. The Bertz CT molecular complexity index is 532. The second-order valence-electron chi connectivity index (χ2n) is 5.88. The highest BCUT2D eigenvalue weighted by molar-refractivity contribution is 5.90. The lowest BCUT2D eigenvalue weighted by atomic mass is 9.91. The van der Waals surface area contributed by atoms with E-state index in [1.165, 1.54) is 6.07 Å². The summed E-state index contributed by atoms with van der Waals surface area (Å²) in [4.78, 5) is 12.8. The molecule has 1 saturated heterocycles. The van der Waals surface area contributed by atoms with Crippen LogP contribution < -0.4 is 4.90 Å². The molecule has 0 amide bonds. The average molecular weight is 301 g/mol. The number of halogens is 3. The van der Waals surface area contributed by atoms with Crippen molar-refractivity contribution >= 4 is 11.7 Å². The van der Waals surface area contributed by atoms with E-state index in [0.29, 0.717) is 30.6 Å². The van der Waals surface area contributed by atoms with Crippen molar-refractivity contribution in [3.63, 3.8) is 0 Å². The van der Waals surface area contributed by atoms with E-state index < -0.39 is 23.3 Å². The zero-order valence-electron chi connectivity index (χ0n) is 11.9. The first-order valence-electron chi connectivity index (χ1n) is 6.88. The summed E-state index contributed by atoms with van der Waals surface area (Å²) in [7, 11) is 0. The molecule has 1 heterocycles. The van der Waals surface area contributed by atoms with E-state index >= 15 is 0 Å². The van der Waals surface area contributed by atoms with Crippen LogP contribution in [-0.4, -0.2) is 24.2 Å². The lowest BCUT2D eigenvalue weighted by Crippen LogP contribution is -2.38. The molecule has 116 valence electrons. The van der Waals surface area contributed by atoms with Crippen molar-refractivity contribution in [3.05, 3.63) is 29.3 Å². The highest BCUT2D eigenvalue weighted by Gasteiger charge is 2.36. The molecular formula is C15H18F3NO2. The Hall–Kier alpha value is -1.72. The highest BCUT2D eigenvalue weighted by atomic mass is 19.4. The van der Waals surface area contributed by atoms with E-state index in [2.05, 4.69) is 13.8 Å². The monoisotopic (exact) mass is 301 g/mol. The molecule has 0 saturated carbocycles. The molecule has 1 fully saturated rings. The molecule has 1 aromatic carbocycles. The molecule has 0 spiro atoms. The number of benzene rings is 1. The summed E-state index contributed by atoms with van der Waals surface area (Å²) in [5, 5.41) is 8.90. The third-order valence-corrected chi connectivity index (χ3v) is 3.77. The van der Waals surface area contributed by atoms with Gasteiger partial charge in [-0.1, -0.05) is 13.8 Å². The van der Waals surface area contributed by atoms with Crippen molar-refractivity contribution in [3.8, 4) is 0 Å². The van der Waals surface area contributed by atoms with Gasteiger partial charge in [0.15, 0.2) is 0 Å². The SMILES string of the molecule is CC1CC(C)CN(c2ccc(C(=O)O)c(C(F)(F)F)c2)C1. The van der Waals surface area contributed by atoms with Gasteiger partial charge < -0.3 is 10.0 Å². The minimum Gasteiger partial charge on any atom is -0.478 e. The van der Waals surface area contributed by atoms with Crippen LogP contribution >= 0.6 is 0 Å². The molecule has 0 aliphatic carbocycles. The van der Waals surface area contributed by atoms with E-state index in [-0.39, 0.29) is 0 Å². The largest absolute Gasteiger partial charge is 0.478 e. The number of rotatable bonds is 2. The molecule has 0 radical (unpaired) electrons. The summed E-state index contributed by atoms with van der Waals surface area (Å²) in [5.41, 5.74) is -1.35. The third-order valence-electron chi connectivity index (χ3n) is 3.77. The van der Waals surface area contributed by atoms with Gasteiger partial charge in [-0.25, -0.2) is 4.79 Å². The molecule has 0 aromatic heterocycles. The number of piperidine rings is 1. The molecule has 1 aliphatic rings. The van der Waals surface area contributed by atoms with Gasteiger partial charge >= 0.3 is 12.1 Å². The standard InChI is InChI=1S/C15H18F3NO2/c1-9-5-10(2)8-19(7-9)11-3-4-12(14(20)21)13(6-11)15(16,17)18/h3-4,6,9-10H,5,7-8H2,1-2H3,(H,20,21). The van der Waals surface area contributed by atoms with Crippen LogP contribution in [0, 0.1) is 11.8 Å². The van der Waals surface area contributed by atoms with Crippen LogP contribution in [0.4, 0.5) is 18.9 Å².